The van der Waals surface area contributed by atoms with Crippen LogP contribution >= 0.6 is 0 Å². The summed E-state index contributed by atoms with van der Waals surface area (Å²) in [5.74, 6) is 0.927. The summed E-state index contributed by atoms with van der Waals surface area (Å²) in [7, 11) is 1.53. The molecule has 1 aromatic carbocycles. The molecule has 0 bridgehead atoms. The highest BCUT2D eigenvalue weighted by molar-refractivity contribution is 5.45. The fourth-order valence-electron chi connectivity index (χ4n) is 1.48. The smallest absolute Gasteiger partial charge is 0.165 e. The molecule has 0 fully saturated rings. The second kappa shape index (κ2) is 4.53. The van der Waals surface area contributed by atoms with Gasteiger partial charge in [0.05, 0.1) is 25.4 Å². The molecule has 0 saturated heterocycles. The molecule has 0 spiro atoms. The molecule has 1 aromatic heterocycles. The van der Waals surface area contributed by atoms with Crippen molar-refractivity contribution in [1.82, 2.24) is 15.0 Å². The highest BCUT2D eigenvalue weighted by Crippen LogP contribution is 2.19. The number of nitriles is 1. The zero-order chi connectivity index (χ0) is 12.3. The maximum absolute atomic E-state index is 8.86. The van der Waals surface area contributed by atoms with Crippen LogP contribution in [0.4, 0.5) is 5.82 Å². The summed E-state index contributed by atoms with van der Waals surface area (Å²) in [6.07, 6.45) is 1.49. The number of nitrogens with two attached hydrogens (primary N) is 1. The molecule has 86 valence electrons. The Balaban J connectivity index is 2.25. The standard InChI is InChI=1S/C11H11N5O/c1-17-10-4-8(2-3-9(10)5-12)7-16-14-6-11(13)15-16/h2-4,6H,7H2,1H3,(H2,13,15). The number of rotatable bonds is 3. The maximum atomic E-state index is 8.86. The number of methoxy groups -OCH3 is 1. The van der Waals surface area contributed by atoms with Crippen LogP contribution in [0.3, 0.4) is 0 Å². The molecule has 17 heavy (non-hydrogen) atoms. The second-order valence-electron chi connectivity index (χ2n) is 3.45. The zero-order valence-corrected chi connectivity index (χ0v) is 9.29. The van der Waals surface area contributed by atoms with Gasteiger partial charge in [0.1, 0.15) is 11.8 Å². The molecule has 6 heteroatoms. The Labute approximate surface area is 98.2 Å². The lowest BCUT2D eigenvalue weighted by Crippen LogP contribution is -2.04. The molecule has 1 heterocycles. The summed E-state index contributed by atoms with van der Waals surface area (Å²) in [6.45, 7) is 0.485. The molecule has 0 aliphatic heterocycles. The Morgan fingerprint density at radius 3 is 2.94 bits per heavy atom. The fraction of sp³-hybridized carbons (Fsp3) is 0.182. The van der Waals surface area contributed by atoms with Gasteiger partial charge in [-0.2, -0.15) is 15.2 Å². The van der Waals surface area contributed by atoms with Gasteiger partial charge in [0.15, 0.2) is 5.82 Å². The number of hydrogen-bond acceptors (Lipinski definition) is 5. The van der Waals surface area contributed by atoms with Crippen LogP contribution in [-0.4, -0.2) is 22.1 Å². The number of hydrogen-bond donors (Lipinski definition) is 1. The van der Waals surface area contributed by atoms with Crippen molar-refractivity contribution in [3.63, 3.8) is 0 Å². The number of anilines is 1. The summed E-state index contributed by atoms with van der Waals surface area (Å²) in [6, 6.07) is 7.39. The minimum atomic E-state index is 0.380. The van der Waals surface area contributed by atoms with Crippen LogP contribution < -0.4 is 10.5 Å². The van der Waals surface area contributed by atoms with E-state index in [1.165, 1.54) is 18.1 Å². The minimum absolute atomic E-state index is 0.380. The number of ether oxygens (including phenoxy) is 1. The summed E-state index contributed by atoms with van der Waals surface area (Å²) in [4.78, 5) is 1.48. The van der Waals surface area contributed by atoms with Crippen molar-refractivity contribution in [2.75, 3.05) is 12.8 Å². The van der Waals surface area contributed by atoms with Gasteiger partial charge in [-0.3, -0.25) is 0 Å². The van der Waals surface area contributed by atoms with E-state index in [0.29, 0.717) is 23.7 Å². The van der Waals surface area contributed by atoms with Crippen LogP contribution in [-0.2, 0) is 6.54 Å². The molecule has 0 amide bonds. The van der Waals surface area contributed by atoms with Gasteiger partial charge in [-0.15, -0.1) is 5.10 Å². The predicted molar refractivity (Wildman–Crippen MR) is 61.2 cm³/mol. The lowest BCUT2D eigenvalue weighted by atomic mass is 10.1. The quantitative estimate of drug-likeness (QED) is 0.840. The van der Waals surface area contributed by atoms with E-state index >= 15 is 0 Å². The average Bonchev–Trinajstić information content (AvgIpc) is 2.74. The van der Waals surface area contributed by atoms with E-state index in [1.807, 2.05) is 6.07 Å². The van der Waals surface area contributed by atoms with Gasteiger partial charge in [0.2, 0.25) is 0 Å². The minimum Gasteiger partial charge on any atom is -0.495 e. The van der Waals surface area contributed by atoms with Gasteiger partial charge in [-0.1, -0.05) is 6.07 Å². The van der Waals surface area contributed by atoms with E-state index < -0.39 is 0 Å². The molecule has 6 nitrogen and oxygen atoms in total. The SMILES string of the molecule is COc1cc(Cn2ncc(N)n2)ccc1C#N. The Morgan fingerprint density at radius 2 is 2.35 bits per heavy atom. The van der Waals surface area contributed by atoms with Gasteiger partial charge < -0.3 is 10.5 Å². The highest BCUT2D eigenvalue weighted by Gasteiger charge is 2.05. The first-order chi connectivity index (χ1) is 8.22. The second-order valence-corrected chi connectivity index (χ2v) is 3.45. The van der Waals surface area contributed by atoms with Gasteiger partial charge in [0.25, 0.3) is 0 Å². The lowest BCUT2D eigenvalue weighted by molar-refractivity contribution is 0.412. The van der Waals surface area contributed by atoms with Crippen LogP contribution in [0.2, 0.25) is 0 Å². The fourth-order valence-corrected chi connectivity index (χ4v) is 1.48. The van der Waals surface area contributed by atoms with E-state index in [1.54, 1.807) is 12.1 Å². The topological polar surface area (TPSA) is 89.8 Å². The lowest BCUT2D eigenvalue weighted by Gasteiger charge is -2.05. The highest BCUT2D eigenvalue weighted by atomic mass is 16.5. The first-order valence-corrected chi connectivity index (χ1v) is 4.95. The zero-order valence-electron chi connectivity index (χ0n) is 9.29. The molecular weight excluding hydrogens is 218 g/mol. The first kappa shape index (κ1) is 11.0. The molecule has 0 aliphatic rings. The largest absolute Gasteiger partial charge is 0.495 e. The van der Waals surface area contributed by atoms with Crippen molar-refractivity contribution in [2.45, 2.75) is 6.54 Å². The van der Waals surface area contributed by atoms with Gasteiger partial charge in [-0.05, 0) is 17.7 Å². The molecule has 0 unspecified atom stereocenters. The number of benzene rings is 1. The molecule has 2 aromatic rings. The van der Waals surface area contributed by atoms with Crippen LogP contribution in [0.5, 0.6) is 5.75 Å². The number of nitrogens with zero attached hydrogens (tertiary/aromatic N) is 4. The van der Waals surface area contributed by atoms with Crippen molar-refractivity contribution >= 4 is 5.82 Å². The summed E-state index contributed by atoms with van der Waals surface area (Å²) < 4.78 is 5.12. The third kappa shape index (κ3) is 2.34. The van der Waals surface area contributed by atoms with E-state index in [0.717, 1.165) is 5.56 Å². The average molecular weight is 229 g/mol. The van der Waals surface area contributed by atoms with Gasteiger partial charge in [0, 0.05) is 0 Å². The monoisotopic (exact) mass is 229 g/mol. The van der Waals surface area contributed by atoms with E-state index in [4.69, 9.17) is 15.7 Å². The summed E-state index contributed by atoms with van der Waals surface area (Å²) >= 11 is 0. The van der Waals surface area contributed by atoms with Crippen molar-refractivity contribution in [2.24, 2.45) is 0 Å². The Kier molecular flexibility index (Phi) is 2.92. The van der Waals surface area contributed by atoms with Crippen LogP contribution in [0.15, 0.2) is 24.4 Å². The summed E-state index contributed by atoms with van der Waals surface area (Å²) in [5.41, 5.74) is 6.92. The Hall–Kier alpha value is -2.55. The van der Waals surface area contributed by atoms with Crippen LogP contribution in [0.25, 0.3) is 0 Å². The van der Waals surface area contributed by atoms with Crippen LogP contribution in [0, 0.1) is 11.3 Å². The van der Waals surface area contributed by atoms with E-state index in [9.17, 15) is 0 Å². The van der Waals surface area contributed by atoms with E-state index in [-0.39, 0.29) is 0 Å². The van der Waals surface area contributed by atoms with Crippen molar-refractivity contribution < 1.29 is 4.74 Å². The Bertz CT molecular complexity index is 569. The van der Waals surface area contributed by atoms with E-state index in [2.05, 4.69) is 16.3 Å². The summed E-state index contributed by atoms with van der Waals surface area (Å²) in [5, 5.41) is 16.8. The molecule has 2 N–H and O–H groups in total. The van der Waals surface area contributed by atoms with Gasteiger partial charge in [-0.25, -0.2) is 0 Å². The molecule has 2 rings (SSSR count). The number of aromatic nitrogens is 3. The maximum Gasteiger partial charge on any atom is 0.165 e. The predicted octanol–water partition coefficient (Wildman–Crippen LogP) is 0.789. The molecule has 0 aliphatic carbocycles. The molecule has 0 radical (unpaired) electrons. The third-order valence-corrected chi connectivity index (χ3v) is 2.26. The van der Waals surface area contributed by atoms with Crippen molar-refractivity contribution in [3.8, 4) is 11.8 Å². The molecule has 0 saturated carbocycles. The normalized spacial score (nSPS) is 9.88. The first-order valence-electron chi connectivity index (χ1n) is 4.95. The van der Waals surface area contributed by atoms with Crippen LogP contribution in [0.1, 0.15) is 11.1 Å². The van der Waals surface area contributed by atoms with Gasteiger partial charge >= 0.3 is 0 Å². The number of nitrogen functional groups attached to an aromatic ring is 1. The molecule has 0 atom stereocenters. The Morgan fingerprint density at radius 1 is 1.53 bits per heavy atom. The van der Waals surface area contributed by atoms with Crippen molar-refractivity contribution in [1.29, 1.82) is 5.26 Å². The van der Waals surface area contributed by atoms with Crippen molar-refractivity contribution in [3.05, 3.63) is 35.5 Å². The third-order valence-electron chi connectivity index (χ3n) is 2.26. The molecular formula is C11H11N5O.